The van der Waals surface area contributed by atoms with Crippen molar-refractivity contribution in [3.05, 3.63) is 106 Å². The van der Waals surface area contributed by atoms with Gasteiger partial charge in [0, 0.05) is 12.1 Å². The number of rotatable bonds is 5. The van der Waals surface area contributed by atoms with Crippen LogP contribution in [0.4, 0.5) is 13.2 Å². The lowest BCUT2D eigenvalue weighted by Crippen LogP contribution is -2.29. The fourth-order valence-electron chi connectivity index (χ4n) is 4.04. The number of ketones is 1. The second-order valence-corrected chi connectivity index (χ2v) is 8.29. The monoisotopic (exact) mass is 501 g/mol. The maximum atomic E-state index is 13.2. The van der Waals surface area contributed by atoms with E-state index >= 15 is 0 Å². The lowest BCUT2D eigenvalue weighted by Gasteiger charge is -2.25. The van der Waals surface area contributed by atoms with E-state index < -0.39 is 35.2 Å². The van der Waals surface area contributed by atoms with Crippen LogP contribution in [0.2, 0.25) is 5.02 Å². The van der Waals surface area contributed by atoms with Gasteiger partial charge in [-0.25, -0.2) is 0 Å². The van der Waals surface area contributed by atoms with Gasteiger partial charge in [0.2, 0.25) is 0 Å². The van der Waals surface area contributed by atoms with E-state index in [1.807, 2.05) is 0 Å². The van der Waals surface area contributed by atoms with Gasteiger partial charge in [-0.1, -0.05) is 54.1 Å². The molecule has 0 aliphatic carbocycles. The lowest BCUT2D eigenvalue weighted by atomic mass is 9.95. The van der Waals surface area contributed by atoms with Gasteiger partial charge in [0.05, 0.1) is 29.3 Å². The van der Waals surface area contributed by atoms with E-state index in [2.05, 4.69) is 0 Å². The number of Topliss-reactive ketones (excluding diaryl/α,β-unsaturated/α-hetero) is 1. The molecule has 9 heteroatoms. The second-order valence-electron chi connectivity index (χ2n) is 7.89. The van der Waals surface area contributed by atoms with Gasteiger partial charge in [0.25, 0.3) is 11.7 Å². The highest BCUT2D eigenvalue weighted by molar-refractivity contribution is 6.46. The number of carbonyl (C=O) groups excluding carboxylic acids is 2. The first-order valence-electron chi connectivity index (χ1n) is 10.4. The summed E-state index contributed by atoms with van der Waals surface area (Å²) in [7, 11) is 1.43. The third-order valence-electron chi connectivity index (χ3n) is 5.69. The summed E-state index contributed by atoms with van der Waals surface area (Å²) in [5, 5.41) is 11.3. The maximum Gasteiger partial charge on any atom is 0.416 e. The van der Waals surface area contributed by atoms with Crippen LogP contribution in [-0.2, 0) is 22.3 Å². The van der Waals surface area contributed by atoms with Crippen LogP contribution >= 0.6 is 11.6 Å². The zero-order valence-corrected chi connectivity index (χ0v) is 19.1. The molecule has 1 amide bonds. The first-order chi connectivity index (χ1) is 16.6. The van der Waals surface area contributed by atoms with Gasteiger partial charge < -0.3 is 14.7 Å². The number of aliphatic hydroxyl groups is 1. The largest absolute Gasteiger partial charge is 0.507 e. The minimum atomic E-state index is -4.56. The Morgan fingerprint density at radius 3 is 2.37 bits per heavy atom. The minimum Gasteiger partial charge on any atom is -0.507 e. The first kappa shape index (κ1) is 24.3. The number of ether oxygens (including phenoxy) is 1. The summed E-state index contributed by atoms with van der Waals surface area (Å²) in [6.07, 6.45) is -4.56. The van der Waals surface area contributed by atoms with E-state index in [1.165, 1.54) is 37.4 Å². The fourth-order valence-corrected chi connectivity index (χ4v) is 4.29. The molecule has 1 aliphatic heterocycles. The maximum absolute atomic E-state index is 13.2. The summed E-state index contributed by atoms with van der Waals surface area (Å²) in [5.74, 6) is -1.98. The van der Waals surface area contributed by atoms with Crippen molar-refractivity contribution in [2.24, 2.45) is 0 Å². The summed E-state index contributed by atoms with van der Waals surface area (Å²) in [6.45, 7) is -0.270. The van der Waals surface area contributed by atoms with Crippen molar-refractivity contribution in [1.29, 1.82) is 0 Å². The van der Waals surface area contributed by atoms with Crippen LogP contribution in [0, 0.1) is 0 Å². The average molecular weight is 502 g/mol. The van der Waals surface area contributed by atoms with Crippen LogP contribution in [0.15, 0.2) is 78.4 Å². The number of alkyl halides is 3. The molecule has 1 unspecified atom stereocenters. The molecule has 0 radical (unpaired) electrons. The van der Waals surface area contributed by atoms with E-state index in [1.54, 1.807) is 30.3 Å². The number of likely N-dealkylation sites (tertiary alicyclic amines) is 1. The van der Waals surface area contributed by atoms with Crippen LogP contribution in [0.1, 0.15) is 28.3 Å². The Hall–Kier alpha value is -3.78. The molecule has 180 valence electrons. The van der Waals surface area contributed by atoms with Gasteiger partial charge >= 0.3 is 6.18 Å². The predicted molar refractivity (Wildman–Crippen MR) is 124 cm³/mol. The van der Waals surface area contributed by atoms with Gasteiger partial charge in [0.15, 0.2) is 0 Å². The number of hydrogen-bond acceptors (Lipinski definition) is 4. The molecule has 0 saturated carbocycles. The summed E-state index contributed by atoms with van der Waals surface area (Å²) in [5.41, 5.74) is -0.158. The van der Waals surface area contributed by atoms with Crippen molar-refractivity contribution >= 4 is 29.1 Å². The predicted octanol–water partition coefficient (Wildman–Crippen LogP) is 5.99. The molecule has 4 rings (SSSR count). The van der Waals surface area contributed by atoms with E-state index in [-0.39, 0.29) is 28.3 Å². The Labute approximate surface area is 204 Å². The molecule has 35 heavy (non-hydrogen) atoms. The number of nitrogens with zero attached hydrogens (tertiary/aromatic N) is 1. The number of halogens is 4. The highest BCUT2D eigenvalue weighted by Gasteiger charge is 2.46. The Kier molecular flexibility index (Phi) is 6.58. The van der Waals surface area contributed by atoms with Crippen LogP contribution in [-0.4, -0.2) is 28.8 Å². The molecule has 1 saturated heterocycles. The molecule has 3 aromatic rings. The molecular weight excluding hydrogens is 483 g/mol. The zero-order valence-electron chi connectivity index (χ0n) is 18.3. The molecule has 1 heterocycles. The first-order valence-corrected chi connectivity index (χ1v) is 10.8. The van der Waals surface area contributed by atoms with E-state index in [9.17, 15) is 27.9 Å². The number of amides is 1. The number of aliphatic hydroxyl groups excluding tert-OH is 1. The van der Waals surface area contributed by atoms with Crippen LogP contribution < -0.4 is 4.74 Å². The highest BCUT2D eigenvalue weighted by atomic mass is 35.5. The SMILES string of the molecule is COc1ccc(/C(O)=C2\C(=O)C(=O)N(Cc3cccc(C(F)(F)F)c3)C2c2ccccc2)cc1Cl. The summed E-state index contributed by atoms with van der Waals surface area (Å²) >= 11 is 6.17. The normalized spacial score (nSPS) is 17.6. The van der Waals surface area contributed by atoms with Crippen molar-refractivity contribution in [3.8, 4) is 5.75 Å². The van der Waals surface area contributed by atoms with Crippen molar-refractivity contribution in [3.63, 3.8) is 0 Å². The standard InChI is InChI=1S/C26H19ClF3NO4/c1-35-20-11-10-17(13-19(20)27)23(32)21-22(16-7-3-2-4-8-16)31(25(34)24(21)33)14-15-6-5-9-18(12-15)26(28,29)30/h2-13,22,32H,14H2,1H3/b23-21+. The fraction of sp³-hybridized carbons (Fsp3) is 0.154. The van der Waals surface area contributed by atoms with E-state index in [0.717, 1.165) is 17.0 Å². The van der Waals surface area contributed by atoms with Crippen molar-refractivity contribution in [2.75, 3.05) is 7.11 Å². The van der Waals surface area contributed by atoms with Gasteiger partial charge in [-0.15, -0.1) is 0 Å². The Morgan fingerprint density at radius 2 is 1.74 bits per heavy atom. The summed E-state index contributed by atoms with van der Waals surface area (Å²) < 4.78 is 44.7. The van der Waals surface area contributed by atoms with Crippen LogP contribution in [0.5, 0.6) is 5.75 Å². The molecule has 5 nitrogen and oxygen atoms in total. The van der Waals surface area contributed by atoms with Gasteiger partial charge in [-0.3, -0.25) is 9.59 Å². The third kappa shape index (κ3) is 4.74. The number of benzene rings is 3. The van der Waals surface area contributed by atoms with Crippen LogP contribution in [0.3, 0.4) is 0 Å². The molecular formula is C26H19ClF3NO4. The van der Waals surface area contributed by atoms with E-state index in [0.29, 0.717) is 11.3 Å². The summed E-state index contributed by atoms with van der Waals surface area (Å²) in [4.78, 5) is 27.3. The molecule has 0 bridgehead atoms. The highest BCUT2D eigenvalue weighted by Crippen LogP contribution is 2.41. The Morgan fingerprint density at radius 1 is 1.03 bits per heavy atom. The molecule has 0 aromatic heterocycles. The van der Waals surface area contributed by atoms with Crippen molar-refractivity contribution in [2.45, 2.75) is 18.8 Å². The Bertz CT molecular complexity index is 1320. The van der Waals surface area contributed by atoms with Crippen molar-refractivity contribution < 1.29 is 32.6 Å². The minimum absolute atomic E-state index is 0.186. The summed E-state index contributed by atoms with van der Waals surface area (Å²) in [6, 6.07) is 16.4. The quantitative estimate of drug-likeness (QED) is 0.265. The van der Waals surface area contributed by atoms with Gasteiger partial charge in [0.1, 0.15) is 11.5 Å². The molecule has 0 spiro atoms. The van der Waals surface area contributed by atoms with Crippen molar-refractivity contribution in [1.82, 2.24) is 4.90 Å². The number of carbonyl (C=O) groups is 2. The number of methoxy groups -OCH3 is 1. The van der Waals surface area contributed by atoms with Crippen LogP contribution in [0.25, 0.3) is 5.76 Å². The Balaban J connectivity index is 1.83. The smallest absolute Gasteiger partial charge is 0.416 e. The zero-order chi connectivity index (χ0) is 25.3. The average Bonchev–Trinajstić information content (AvgIpc) is 3.08. The third-order valence-corrected chi connectivity index (χ3v) is 5.98. The molecule has 3 aromatic carbocycles. The molecule has 1 atom stereocenters. The number of hydrogen-bond donors (Lipinski definition) is 1. The lowest BCUT2D eigenvalue weighted by molar-refractivity contribution is -0.140. The second kappa shape index (κ2) is 9.46. The molecule has 1 fully saturated rings. The topological polar surface area (TPSA) is 66.8 Å². The molecule has 1 aliphatic rings. The van der Waals surface area contributed by atoms with E-state index in [4.69, 9.17) is 16.3 Å². The van der Waals surface area contributed by atoms with Gasteiger partial charge in [-0.2, -0.15) is 13.2 Å². The molecule has 1 N–H and O–H groups in total. The van der Waals surface area contributed by atoms with Gasteiger partial charge in [-0.05, 0) is 41.5 Å².